The molecule has 0 amide bonds. The van der Waals surface area contributed by atoms with Crippen LogP contribution < -0.4 is 9.92 Å². The van der Waals surface area contributed by atoms with Crippen LogP contribution >= 0.6 is 0 Å². The second kappa shape index (κ2) is 6.46. The summed E-state index contributed by atoms with van der Waals surface area (Å²) >= 11 is 0. The van der Waals surface area contributed by atoms with Gasteiger partial charge in [-0.25, -0.2) is 0 Å². The highest BCUT2D eigenvalue weighted by atomic mass is 28.3. The number of hydrogen-bond acceptors (Lipinski definition) is 1. The third-order valence-corrected chi connectivity index (χ3v) is 12.0. The topological polar surface area (TPSA) is 9.23 Å². The number of allylic oxidation sites excluding steroid dienone is 4. The van der Waals surface area contributed by atoms with Crippen molar-refractivity contribution in [2.24, 2.45) is 5.92 Å². The van der Waals surface area contributed by atoms with Crippen molar-refractivity contribution in [3.8, 4) is 5.75 Å². The van der Waals surface area contributed by atoms with Gasteiger partial charge in [-0.3, -0.25) is 0 Å². The average Bonchev–Trinajstić information content (AvgIpc) is 2.92. The van der Waals surface area contributed by atoms with E-state index in [9.17, 15) is 0 Å². The fourth-order valence-electron chi connectivity index (χ4n) is 3.62. The Morgan fingerprint density at radius 1 is 1.00 bits per heavy atom. The molecule has 1 aliphatic rings. The predicted molar refractivity (Wildman–Crippen MR) is 114 cm³/mol. The largest absolute Gasteiger partial charge is 0.497 e. The Kier molecular flexibility index (Phi) is 5.18. The Hall–Kier alpha value is -1.28. The number of benzene rings is 1. The van der Waals surface area contributed by atoms with Crippen molar-refractivity contribution in [1.82, 2.24) is 0 Å². The predicted octanol–water partition coefficient (Wildman–Crippen LogP) is 6.13. The maximum absolute atomic E-state index is 6.08. The second-order valence-corrected chi connectivity index (χ2v) is 15.1. The second-order valence-electron chi connectivity index (χ2n) is 9.79. The van der Waals surface area contributed by atoms with Gasteiger partial charge in [0.1, 0.15) is 5.75 Å². The highest BCUT2D eigenvalue weighted by Gasteiger charge is 2.41. The van der Waals surface area contributed by atoms with Crippen molar-refractivity contribution in [3.05, 3.63) is 47.1 Å². The van der Waals surface area contributed by atoms with Gasteiger partial charge >= 0.3 is 0 Å². The number of rotatable bonds is 4. The minimum absolute atomic E-state index is 0.00272. The summed E-state index contributed by atoms with van der Waals surface area (Å²) in [4.78, 5) is 0. The third-order valence-electron chi connectivity index (χ3n) is 6.52. The van der Waals surface area contributed by atoms with Crippen molar-refractivity contribution >= 4 is 13.3 Å². The molecule has 1 atom stereocenters. The smallest absolute Gasteiger partial charge is 0.121 e. The molecule has 0 heterocycles. The zero-order chi connectivity index (χ0) is 19.2. The van der Waals surface area contributed by atoms with Crippen LogP contribution in [0.5, 0.6) is 5.75 Å². The Labute approximate surface area is 156 Å². The van der Waals surface area contributed by atoms with Gasteiger partial charge in [-0.05, 0) is 24.1 Å². The molecular formula is C23H36OSi. The molecule has 2 heteroatoms. The summed E-state index contributed by atoms with van der Waals surface area (Å²) < 4.78 is 6.08. The fraction of sp³-hybridized carbons (Fsp3) is 0.565. The van der Waals surface area contributed by atoms with Crippen LogP contribution in [-0.4, -0.2) is 15.2 Å². The van der Waals surface area contributed by atoms with E-state index in [1.165, 1.54) is 21.9 Å². The molecule has 1 aromatic carbocycles. The highest BCUT2D eigenvalue weighted by molar-refractivity contribution is 6.92. The van der Waals surface area contributed by atoms with E-state index >= 15 is 0 Å². The molecule has 1 aliphatic carbocycles. The summed E-state index contributed by atoms with van der Waals surface area (Å²) in [7, 11) is 0.140. The minimum Gasteiger partial charge on any atom is -0.497 e. The van der Waals surface area contributed by atoms with Gasteiger partial charge in [0, 0.05) is 16.9 Å². The zero-order valence-electron chi connectivity index (χ0n) is 17.9. The van der Waals surface area contributed by atoms with Gasteiger partial charge in [-0.15, -0.1) is 0 Å². The summed E-state index contributed by atoms with van der Waals surface area (Å²) in [5.74, 6) is 1.53. The molecule has 0 aromatic heterocycles. The number of hydrogen-bond donors (Lipinski definition) is 0. The van der Waals surface area contributed by atoms with E-state index in [1.807, 2.05) is 7.11 Å². The quantitative estimate of drug-likeness (QED) is 0.590. The van der Waals surface area contributed by atoms with Gasteiger partial charge in [0.25, 0.3) is 0 Å². The SMILES string of the molecule is COc1c(C(C)(C)C2C=CC(C)=C2)cc(C)cc1[Si](C)(C)C(C)(C)C. The fourth-order valence-corrected chi connectivity index (χ4v) is 5.82. The molecule has 0 N–H and O–H groups in total. The van der Waals surface area contributed by atoms with Crippen molar-refractivity contribution in [1.29, 1.82) is 0 Å². The van der Waals surface area contributed by atoms with Gasteiger partial charge in [0.2, 0.25) is 0 Å². The van der Waals surface area contributed by atoms with E-state index < -0.39 is 8.07 Å². The molecule has 0 saturated heterocycles. The van der Waals surface area contributed by atoms with E-state index in [1.54, 1.807) is 0 Å². The van der Waals surface area contributed by atoms with Gasteiger partial charge in [-0.1, -0.05) is 89.2 Å². The molecule has 1 unspecified atom stereocenters. The van der Waals surface area contributed by atoms with Crippen LogP contribution in [0.1, 0.15) is 52.7 Å². The van der Waals surface area contributed by atoms with Crippen LogP contribution in [0.3, 0.4) is 0 Å². The monoisotopic (exact) mass is 356 g/mol. The standard InChI is InChI=1S/C23H36OSi/c1-16-11-12-18(13-16)23(6,7)19-14-17(2)15-20(21(19)24-8)25(9,10)22(3,4)5/h11-15,18H,1-10H3. The van der Waals surface area contributed by atoms with E-state index in [-0.39, 0.29) is 10.5 Å². The van der Waals surface area contributed by atoms with Gasteiger partial charge < -0.3 is 4.74 Å². The lowest BCUT2D eigenvalue weighted by Crippen LogP contribution is -2.50. The molecule has 1 aromatic rings. The molecule has 0 fully saturated rings. The van der Waals surface area contributed by atoms with Crippen LogP contribution in [0.25, 0.3) is 0 Å². The first-order valence-corrected chi connectivity index (χ1v) is 12.4. The van der Waals surface area contributed by atoms with E-state index in [0.717, 1.165) is 5.75 Å². The molecular weight excluding hydrogens is 320 g/mol. The average molecular weight is 357 g/mol. The molecule has 1 nitrogen and oxygen atoms in total. The Bertz CT molecular complexity index is 714. The normalized spacial score (nSPS) is 18.5. The van der Waals surface area contributed by atoms with E-state index in [2.05, 4.69) is 91.9 Å². The maximum Gasteiger partial charge on any atom is 0.121 e. The molecule has 0 spiro atoms. The van der Waals surface area contributed by atoms with Gasteiger partial charge in [0.05, 0.1) is 15.2 Å². The van der Waals surface area contributed by atoms with Crippen molar-refractivity contribution in [2.75, 3.05) is 7.11 Å². The maximum atomic E-state index is 6.08. The summed E-state index contributed by atoms with van der Waals surface area (Å²) in [5, 5.41) is 1.73. The molecule has 0 saturated carbocycles. The minimum atomic E-state index is -1.70. The van der Waals surface area contributed by atoms with Crippen molar-refractivity contribution in [2.45, 2.75) is 72.0 Å². The zero-order valence-corrected chi connectivity index (χ0v) is 18.9. The lowest BCUT2D eigenvalue weighted by Gasteiger charge is -2.40. The summed E-state index contributed by atoms with van der Waals surface area (Å²) in [6.45, 7) is 21.2. The lowest BCUT2D eigenvalue weighted by molar-refractivity contribution is 0.378. The Balaban J connectivity index is 2.71. The summed E-state index contributed by atoms with van der Waals surface area (Å²) in [6, 6.07) is 4.71. The molecule has 0 aliphatic heterocycles. The molecule has 2 rings (SSSR count). The van der Waals surface area contributed by atoms with Crippen LogP contribution in [0.4, 0.5) is 0 Å². The van der Waals surface area contributed by atoms with Crippen molar-refractivity contribution < 1.29 is 4.74 Å². The van der Waals surface area contributed by atoms with Crippen LogP contribution in [0.2, 0.25) is 18.1 Å². The molecule has 0 bridgehead atoms. The van der Waals surface area contributed by atoms with Crippen LogP contribution in [-0.2, 0) is 5.41 Å². The van der Waals surface area contributed by atoms with E-state index in [4.69, 9.17) is 4.74 Å². The summed E-state index contributed by atoms with van der Waals surface area (Å²) in [6.07, 6.45) is 6.96. The molecule has 0 radical (unpaired) electrons. The number of methoxy groups -OCH3 is 1. The molecule has 25 heavy (non-hydrogen) atoms. The highest BCUT2D eigenvalue weighted by Crippen LogP contribution is 2.44. The van der Waals surface area contributed by atoms with Gasteiger partial charge in [-0.2, -0.15) is 0 Å². The number of aryl methyl sites for hydroxylation is 1. The van der Waals surface area contributed by atoms with E-state index in [0.29, 0.717) is 5.92 Å². The lowest BCUT2D eigenvalue weighted by atomic mass is 9.73. The third kappa shape index (κ3) is 3.51. The summed E-state index contributed by atoms with van der Waals surface area (Å²) in [5.41, 5.74) is 4.04. The first-order chi connectivity index (χ1) is 11.3. The Morgan fingerprint density at radius 2 is 1.60 bits per heavy atom. The van der Waals surface area contributed by atoms with Crippen LogP contribution in [0, 0.1) is 12.8 Å². The first kappa shape index (κ1) is 20.0. The molecule has 138 valence electrons. The first-order valence-electron chi connectivity index (χ1n) is 9.38. The van der Waals surface area contributed by atoms with Crippen molar-refractivity contribution in [3.63, 3.8) is 0 Å². The van der Waals surface area contributed by atoms with Crippen LogP contribution in [0.15, 0.2) is 35.9 Å². The Morgan fingerprint density at radius 3 is 2.04 bits per heavy atom. The number of ether oxygens (including phenoxy) is 1. The van der Waals surface area contributed by atoms with Gasteiger partial charge in [0.15, 0.2) is 0 Å².